The molecule has 0 aromatic heterocycles. The minimum Gasteiger partial charge on any atom is -0.314 e. The molecule has 2 atom stereocenters. The highest BCUT2D eigenvalue weighted by Gasteiger charge is 2.30. The predicted molar refractivity (Wildman–Crippen MR) is 74.7 cm³/mol. The molecule has 0 radical (unpaired) electrons. The Morgan fingerprint density at radius 2 is 1.90 bits per heavy atom. The Balaban J connectivity index is 1.65. The third-order valence-electron chi connectivity index (χ3n) is 4.95. The summed E-state index contributed by atoms with van der Waals surface area (Å²) in [5.41, 5.74) is 0. The van der Waals surface area contributed by atoms with Crippen LogP contribution in [-0.4, -0.2) is 42.8 Å². The van der Waals surface area contributed by atoms with Gasteiger partial charge in [-0.15, -0.1) is 0 Å². The summed E-state index contributed by atoms with van der Waals surface area (Å²) < 4.78 is 36.5. The lowest BCUT2D eigenvalue weighted by atomic mass is 9.88. The summed E-state index contributed by atoms with van der Waals surface area (Å²) in [5, 5.41) is 3.58. The summed E-state index contributed by atoms with van der Waals surface area (Å²) in [6.07, 6.45) is 1.26. The summed E-state index contributed by atoms with van der Waals surface area (Å²) in [4.78, 5) is 2.38. The maximum Gasteiger partial charge on any atom is 0.389 e. The van der Waals surface area contributed by atoms with Gasteiger partial charge in [-0.2, -0.15) is 13.2 Å². The third-order valence-corrected chi connectivity index (χ3v) is 4.95. The van der Waals surface area contributed by atoms with Gasteiger partial charge in [-0.3, -0.25) is 0 Å². The highest BCUT2D eigenvalue weighted by molar-refractivity contribution is 4.86. The van der Waals surface area contributed by atoms with Gasteiger partial charge in [0.2, 0.25) is 0 Å². The van der Waals surface area contributed by atoms with E-state index in [-0.39, 0.29) is 12.5 Å². The molecule has 0 aromatic carbocycles. The first kappa shape index (κ1) is 16.1. The van der Waals surface area contributed by atoms with Crippen LogP contribution in [0, 0.1) is 5.92 Å². The van der Waals surface area contributed by atoms with Crippen molar-refractivity contribution in [2.75, 3.05) is 19.6 Å². The van der Waals surface area contributed by atoms with Gasteiger partial charge in [0.1, 0.15) is 0 Å². The first-order chi connectivity index (χ1) is 9.46. The molecule has 2 saturated heterocycles. The molecule has 5 heteroatoms. The Bertz CT molecular complexity index is 279. The van der Waals surface area contributed by atoms with Crippen LogP contribution in [0.4, 0.5) is 13.2 Å². The Morgan fingerprint density at radius 3 is 2.45 bits per heavy atom. The van der Waals surface area contributed by atoms with Crippen molar-refractivity contribution in [1.29, 1.82) is 0 Å². The molecule has 0 aromatic rings. The number of halogens is 3. The van der Waals surface area contributed by atoms with Crippen LogP contribution in [0.15, 0.2) is 0 Å². The zero-order chi connectivity index (χ0) is 14.6. The Hall–Kier alpha value is -0.290. The minimum absolute atomic E-state index is 0.259. The van der Waals surface area contributed by atoms with Crippen LogP contribution in [0.3, 0.4) is 0 Å². The topological polar surface area (TPSA) is 15.3 Å². The third kappa shape index (κ3) is 4.92. The van der Waals surface area contributed by atoms with Crippen molar-refractivity contribution in [3.8, 4) is 0 Å². The van der Waals surface area contributed by atoms with Gasteiger partial charge in [0.05, 0.1) is 0 Å². The SMILES string of the molecule is CC(CCCC(F)(F)F)N1CCC(C2CCCN2)CC1. The van der Waals surface area contributed by atoms with Crippen LogP contribution < -0.4 is 5.32 Å². The maximum absolute atomic E-state index is 12.2. The minimum atomic E-state index is -4.00. The van der Waals surface area contributed by atoms with Gasteiger partial charge in [0, 0.05) is 18.5 Å². The monoisotopic (exact) mass is 292 g/mol. The lowest BCUT2D eigenvalue weighted by molar-refractivity contribution is -0.136. The second-order valence-electron chi connectivity index (χ2n) is 6.43. The van der Waals surface area contributed by atoms with Gasteiger partial charge < -0.3 is 10.2 Å². The fourth-order valence-electron chi connectivity index (χ4n) is 3.66. The first-order valence-electron chi connectivity index (χ1n) is 8.00. The first-order valence-corrected chi connectivity index (χ1v) is 8.00. The average molecular weight is 292 g/mol. The van der Waals surface area contributed by atoms with E-state index in [2.05, 4.69) is 17.1 Å². The zero-order valence-electron chi connectivity index (χ0n) is 12.4. The fourth-order valence-corrected chi connectivity index (χ4v) is 3.66. The van der Waals surface area contributed by atoms with E-state index in [1.165, 1.54) is 25.7 Å². The van der Waals surface area contributed by atoms with Gasteiger partial charge in [-0.05, 0) is 71.0 Å². The lowest BCUT2D eigenvalue weighted by Crippen LogP contribution is -2.44. The Labute approximate surface area is 120 Å². The maximum atomic E-state index is 12.2. The van der Waals surface area contributed by atoms with Crippen molar-refractivity contribution in [1.82, 2.24) is 10.2 Å². The van der Waals surface area contributed by atoms with Crippen LogP contribution in [0.1, 0.15) is 51.9 Å². The van der Waals surface area contributed by atoms with Crippen LogP contribution in [0.25, 0.3) is 0 Å². The summed E-state index contributed by atoms with van der Waals surface area (Å²) >= 11 is 0. The number of piperidine rings is 1. The number of alkyl halides is 3. The number of likely N-dealkylation sites (tertiary alicyclic amines) is 1. The highest BCUT2D eigenvalue weighted by atomic mass is 19.4. The van der Waals surface area contributed by atoms with Crippen molar-refractivity contribution >= 4 is 0 Å². The molecule has 2 aliphatic rings. The van der Waals surface area contributed by atoms with Crippen LogP contribution in [0.2, 0.25) is 0 Å². The van der Waals surface area contributed by atoms with Crippen LogP contribution >= 0.6 is 0 Å². The van der Waals surface area contributed by atoms with Gasteiger partial charge in [-0.1, -0.05) is 0 Å². The molecule has 0 amide bonds. The van der Waals surface area contributed by atoms with Crippen molar-refractivity contribution in [3.05, 3.63) is 0 Å². The molecule has 2 aliphatic heterocycles. The summed E-state index contributed by atoms with van der Waals surface area (Å²) in [6, 6.07) is 0.979. The largest absolute Gasteiger partial charge is 0.389 e. The molecular weight excluding hydrogens is 265 g/mol. The van der Waals surface area contributed by atoms with E-state index in [0.717, 1.165) is 25.6 Å². The normalized spacial score (nSPS) is 27.9. The molecule has 0 spiro atoms. The summed E-state index contributed by atoms with van der Waals surface area (Å²) in [6.45, 7) is 5.33. The standard InChI is InChI=1S/C15H27F3N2/c1-12(4-2-8-15(16,17)18)20-10-6-13(7-11-20)14-5-3-9-19-14/h12-14,19H,2-11H2,1H3. The number of nitrogens with one attached hydrogen (secondary N) is 1. The smallest absolute Gasteiger partial charge is 0.314 e. The van der Waals surface area contributed by atoms with Crippen molar-refractivity contribution in [2.24, 2.45) is 5.92 Å². The van der Waals surface area contributed by atoms with Gasteiger partial charge >= 0.3 is 6.18 Å². The van der Waals surface area contributed by atoms with Crippen molar-refractivity contribution in [2.45, 2.75) is 70.1 Å². The van der Waals surface area contributed by atoms with Gasteiger partial charge in [-0.25, -0.2) is 0 Å². The highest BCUT2D eigenvalue weighted by Crippen LogP contribution is 2.28. The van der Waals surface area contributed by atoms with E-state index in [1.807, 2.05) is 0 Å². The van der Waals surface area contributed by atoms with E-state index >= 15 is 0 Å². The van der Waals surface area contributed by atoms with Gasteiger partial charge in [0.25, 0.3) is 0 Å². The Morgan fingerprint density at radius 1 is 1.20 bits per heavy atom. The van der Waals surface area contributed by atoms with Crippen molar-refractivity contribution < 1.29 is 13.2 Å². The second-order valence-corrected chi connectivity index (χ2v) is 6.43. The van der Waals surface area contributed by atoms with E-state index in [1.54, 1.807) is 0 Å². The number of nitrogens with zero attached hydrogens (tertiary/aromatic N) is 1. The van der Waals surface area contributed by atoms with E-state index < -0.39 is 12.6 Å². The van der Waals surface area contributed by atoms with Crippen LogP contribution in [-0.2, 0) is 0 Å². The average Bonchev–Trinajstić information content (AvgIpc) is 2.91. The number of hydrogen-bond donors (Lipinski definition) is 1. The lowest BCUT2D eigenvalue weighted by Gasteiger charge is -2.38. The van der Waals surface area contributed by atoms with E-state index in [9.17, 15) is 13.2 Å². The summed E-state index contributed by atoms with van der Waals surface area (Å²) in [5.74, 6) is 0.774. The predicted octanol–water partition coefficient (Wildman–Crippen LogP) is 3.57. The molecule has 0 saturated carbocycles. The quantitative estimate of drug-likeness (QED) is 0.833. The summed E-state index contributed by atoms with van der Waals surface area (Å²) in [7, 11) is 0. The molecule has 2 fully saturated rings. The number of rotatable bonds is 5. The molecule has 2 heterocycles. The second kappa shape index (κ2) is 7.12. The van der Waals surface area contributed by atoms with E-state index in [0.29, 0.717) is 12.5 Å². The van der Waals surface area contributed by atoms with E-state index in [4.69, 9.17) is 0 Å². The van der Waals surface area contributed by atoms with Gasteiger partial charge in [0.15, 0.2) is 0 Å². The zero-order valence-corrected chi connectivity index (χ0v) is 12.4. The molecule has 1 N–H and O–H groups in total. The van der Waals surface area contributed by atoms with Crippen molar-refractivity contribution in [3.63, 3.8) is 0 Å². The molecule has 2 nitrogen and oxygen atoms in total. The number of hydrogen-bond acceptors (Lipinski definition) is 2. The Kier molecular flexibility index (Phi) is 5.73. The molecule has 2 unspecified atom stereocenters. The molecule has 0 bridgehead atoms. The molecule has 0 aliphatic carbocycles. The molecule has 2 rings (SSSR count). The molecule has 20 heavy (non-hydrogen) atoms. The fraction of sp³-hybridized carbons (Fsp3) is 1.00. The van der Waals surface area contributed by atoms with Crippen LogP contribution in [0.5, 0.6) is 0 Å². The molecule has 118 valence electrons. The molecular formula is C15H27F3N2.